The third kappa shape index (κ3) is 3.71. The number of carbonyl (C=O) groups is 1. The third-order valence-electron chi connectivity index (χ3n) is 2.27. The van der Waals surface area contributed by atoms with Crippen molar-refractivity contribution in [2.24, 2.45) is 11.7 Å². The lowest BCUT2D eigenvalue weighted by molar-refractivity contribution is -0.125. The Bertz CT molecular complexity index is 236. The number of halogens is 2. The second kappa shape index (κ2) is 4.85. The molecule has 4 nitrogen and oxygen atoms in total. The number of rotatable bonds is 6. The van der Waals surface area contributed by atoms with Crippen LogP contribution >= 0.6 is 0 Å². The SMILES string of the molecule is CCOC1CC1C(=O)NCC(F)(F)CN. The van der Waals surface area contributed by atoms with E-state index in [0.29, 0.717) is 13.0 Å². The van der Waals surface area contributed by atoms with E-state index in [4.69, 9.17) is 10.5 Å². The van der Waals surface area contributed by atoms with E-state index < -0.39 is 19.0 Å². The monoisotopic (exact) mass is 222 g/mol. The molecule has 1 amide bonds. The first kappa shape index (κ1) is 12.3. The first-order valence-corrected chi connectivity index (χ1v) is 4.97. The van der Waals surface area contributed by atoms with Crippen LogP contribution in [0, 0.1) is 5.92 Å². The second-order valence-electron chi connectivity index (χ2n) is 3.61. The Morgan fingerprint density at radius 1 is 1.67 bits per heavy atom. The van der Waals surface area contributed by atoms with Gasteiger partial charge in [0.15, 0.2) is 0 Å². The Kier molecular flexibility index (Phi) is 3.98. The van der Waals surface area contributed by atoms with Crippen molar-refractivity contribution < 1.29 is 18.3 Å². The zero-order valence-electron chi connectivity index (χ0n) is 8.63. The summed E-state index contributed by atoms with van der Waals surface area (Å²) in [5.41, 5.74) is 4.83. The summed E-state index contributed by atoms with van der Waals surface area (Å²) in [5.74, 6) is -3.66. The van der Waals surface area contributed by atoms with Crippen LogP contribution in [0.2, 0.25) is 0 Å². The van der Waals surface area contributed by atoms with Gasteiger partial charge in [0.1, 0.15) is 0 Å². The lowest BCUT2D eigenvalue weighted by atomic mass is 10.3. The minimum Gasteiger partial charge on any atom is -0.378 e. The summed E-state index contributed by atoms with van der Waals surface area (Å²) in [6.45, 7) is 0.910. The number of amides is 1. The summed E-state index contributed by atoms with van der Waals surface area (Å²) >= 11 is 0. The predicted molar refractivity (Wildman–Crippen MR) is 50.5 cm³/mol. The highest BCUT2D eigenvalue weighted by Crippen LogP contribution is 2.33. The van der Waals surface area contributed by atoms with Gasteiger partial charge in [-0.2, -0.15) is 0 Å². The molecule has 3 N–H and O–H groups in total. The van der Waals surface area contributed by atoms with Crippen LogP contribution in [0.4, 0.5) is 8.78 Å². The van der Waals surface area contributed by atoms with Gasteiger partial charge in [-0.05, 0) is 13.3 Å². The maximum atomic E-state index is 12.7. The highest BCUT2D eigenvalue weighted by atomic mass is 19.3. The van der Waals surface area contributed by atoms with Gasteiger partial charge in [0, 0.05) is 6.61 Å². The highest BCUT2D eigenvalue weighted by molar-refractivity contribution is 5.82. The summed E-state index contributed by atoms with van der Waals surface area (Å²) in [6, 6.07) is 0. The van der Waals surface area contributed by atoms with Crippen molar-refractivity contribution in [2.75, 3.05) is 19.7 Å². The van der Waals surface area contributed by atoms with Crippen LogP contribution in [0.5, 0.6) is 0 Å². The molecule has 2 unspecified atom stereocenters. The molecule has 88 valence electrons. The van der Waals surface area contributed by atoms with Gasteiger partial charge in [0.25, 0.3) is 5.92 Å². The van der Waals surface area contributed by atoms with Crippen molar-refractivity contribution in [1.29, 1.82) is 0 Å². The number of nitrogens with one attached hydrogen (secondary N) is 1. The van der Waals surface area contributed by atoms with Crippen molar-refractivity contribution in [1.82, 2.24) is 5.32 Å². The van der Waals surface area contributed by atoms with Crippen LogP contribution in [0.25, 0.3) is 0 Å². The largest absolute Gasteiger partial charge is 0.378 e. The van der Waals surface area contributed by atoms with Gasteiger partial charge >= 0.3 is 0 Å². The maximum absolute atomic E-state index is 12.7. The van der Waals surface area contributed by atoms with E-state index in [-0.39, 0.29) is 17.9 Å². The zero-order valence-corrected chi connectivity index (χ0v) is 8.63. The highest BCUT2D eigenvalue weighted by Gasteiger charge is 2.44. The van der Waals surface area contributed by atoms with Crippen LogP contribution in [0.15, 0.2) is 0 Å². The normalized spacial score (nSPS) is 25.1. The lowest BCUT2D eigenvalue weighted by Gasteiger charge is -2.14. The second-order valence-corrected chi connectivity index (χ2v) is 3.61. The van der Waals surface area contributed by atoms with Crippen LogP contribution in [-0.2, 0) is 9.53 Å². The lowest BCUT2D eigenvalue weighted by Crippen LogP contribution is -2.42. The van der Waals surface area contributed by atoms with Gasteiger partial charge < -0.3 is 15.8 Å². The smallest absolute Gasteiger partial charge is 0.277 e. The molecule has 0 saturated heterocycles. The molecule has 0 aromatic carbocycles. The molecular formula is C9H16F2N2O2. The van der Waals surface area contributed by atoms with E-state index in [9.17, 15) is 13.6 Å². The molecule has 0 bridgehead atoms. The van der Waals surface area contributed by atoms with E-state index in [2.05, 4.69) is 5.32 Å². The standard InChI is InChI=1S/C9H16F2N2O2/c1-2-15-7-3-6(7)8(14)13-5-9(10,11)4-12/h6-7H,2-5,12H2,1H3,(H,13,14). The molecule has 1 saturated carbocycles. The van der Waals surface area contributed by atoms with Crippen molar-refractivity contribution in [2.45, 2.75) is 25.4 Å². The van der Waals surface area contributed by atoms with Crippen LogP contribution < -0.4 is 11.1 Å². The molecule has 0 aromatic heterocycles. The summed E-state index contributed by atoms with van der Waals surface area (Å²) in [5, 5.41) is 2.18. The Balaban J connectivity index is 2.21. The first-order valence-electron chi connectivity index (χ1n) is 4.97. The molecule has 6 heteroatoms. The van der Waals surface area contributed by atoms with Crippen molar-refractivity contribution in [3.63, 3.8) is 0 Å². The average molecular weight is 222 g/mol. The molecule has 0 aliphatic heterocycles. The van der Waals surface area contributed by atoms with E-state index >= 15 is 0 Å². The molecule has 1 aliphatic carbocycles. The van der Waals surface area contributed by atoms with Crippen LogP contribution in [-0.4, -0.2) is 37.6 Å². The third-order valence-corrected chi connectivity index (χ3v) is 2.27. The predicted octanol–water partition coefficient (Wildman–Crippen LogP) is 0.122. The fraction of sp³-hybridized carbons (Fsp3) is 0.889. The Morgan fingerprint density at radius 3 is 2.87 bits per heavy atom. The Morgan fingerprint density at radius 2 is 2.33 bits per heavy atom. The van der Waals surface area contributed by atoms with E-state index in [0.717, 1.165) is 0 Å². The fourth-order valence-electron chi connectivity index (χ4n) is 1.27. The molecule has 0 spiro atoms. The molecule has 1 rings (SSSR count). The number of hydrogen-bond acceptors (Lipinski definition) is 3. The molecule has 0 heterocycles. The number of carbonyl (C=O) groups excluding carboxylic acids is 1. The van der Waals surface area contributed by atoms with Crippen molar-refractivity contribution >= 4 is 5.91 Å². The van der Waals surface area contributed by atoms with Gasteiger partial charge in [0.05, 0.1) is 25.1 Å². The van der Waals surface area contributed by atoms with Crippen LogP contribution in [0.3, 0.4) is 0 Å². The van der Waals surface area contributed by atoms with Crippen LogP contribution in [0.1, 0.15) is 13.3 Å². The van der Waals surface area contributed by atoms with Gasteiger partial charge in [-0.15, -0.1) is 0 Å². The number of alkyl halides is 2. The quantitative estimate of drug-likeness (QED) is 0.671. The number of hydrogen-bond donors (Lipinski definition) is 2. The summed E-state index contributed by atoms with van der Waals surface area (Å²) < 4.78 is 30.5. The van der Waals surface area contributed by atoms with Gasteiger partial charge in [-0.1, -0.05) is 0 Å². The van der Waals surface area contributed by atoms with E-state index in [1.54, 1.807) is 0 Å². The molecule has 1 fully saturated rings. The van der Waals surface area contributed by atoms with Gasteiger partial charge in [-0.3, -0.25) is 4.79 Å². The molecule has 0 aromatic rings. The van der Waals surface area contributed by atoms with Gasteiger partial charge in [0.2, 0.25) is 5.91 Å². The van der Waals surface area contributed by atoms with Crippen molar-refractivity contribution in [3.05, 3.63) is 0 Å². The van der Waals surface area contributed by atoms with E-state index in [1.165, 1.54) is 0 Å². The molecular weight excluding hydrogens is 206 g/mol. The van der Waals surface area contributed by atoms with E-state index in [1.807, 2.05) is 6.92 Å². The molecule has 15 heavy (non-hydrogen) atoms. The minimum absolute atomic E-state index is 0.0958. The number of ether oxygens (including phenoxy) is 1. The molecule has 2 atom stereocenters. The fourth-order valence-corrected chi connectivity index (χ4v) is 1.27. The summed E-state index contributed by atoms with van der Waals surface area (Å²) in [4.78, 5) is 11.3. The Labute approximate surface area is 87.1 Å². The maximum Gasteiger partial charge on any atom is 0.277 e. The minimum atomic E-state index is -3.02. The molecule has 1 aliphatic rings. The van der Waals surface area contributed by atoms with Crippen molar-refractivity contribution in [3.8, 4) is 0 Å². The number of nitrogens with two attached hydrogens (primary N) is 1. The summed E-state index contributed by atoms with van der Waals surface area (Å²) in [7, 11) is 0. The Hall–Kier alpha value is -0.750. The first-order chi connectivity index (χ1) is 7.00. The van der Waals surface area contributed by atoms with Gasteiger partial charge in [-0.25, -0.2) is 8.78 Å². The topological polar surface area (TPSA) is 64.3 Å². The molecule has 0 radical (unpaired) electrons. The summed E-state index contributed by atoms with van der Waals surface area (Å²) in [6.07, 6.45) is 0.523. The zero-order chi connectivity index (χ0) is 11.5. The average Bonchev–Trinajstić information content (AvgIpc) is 2.95.